The van der Waals surface area contributed by atoms with Crippen LogP contribution < -0.4 is 10.2 Å². The van der Waals surface area contributed by atoms with Crippen molar-refractivity contribution in [2.75, 3.05) is 24.5 Å². The van der Waals surface area contributed by atoms with E-state index in [4.69, 9.17) is 4.98 Å². The Labute approximate surface area is 194 Å². The first kappa shape index (κ1) is 20.7. The highest BCUT2D eigenvalue weighted by atomic mass is 19.3. The van der Waals surface area contributed by atoms with E-state index >= 15 is 0 Å². The van der Waals surface area contributed by atoms with Gasteiger partial charge >= 0.3 is 6.55 Å². The van der Waals surface area contributed by atoms with Crippen molar-refractivity contribution in [2.45, 2.75) is 25.4 Å². The van der Waals surface area contributed by atoms with Gasteiger partial charge in [-0.05, 0) is 43.5 Å². The summed E-state index contributed by atoms with van der Waals surface area (Å²) >= 11 is 0. The lowest BCUT2D eigenvalue weighted by molar-refractivity contribution is 0.0566. The van der Waals surface area contributed by atoms with E-state index in [9.17, 15) is 14.0 Å². The van der Waals surface area contributed by atoms with E-state index in [0.717, 1.165) is 36.6 Å². The number of nitriles is 1. The number of alkyl halides is 2. The number of halogens is 2. The van der Waals surface area contributed by atoms with E-state index in [1.807, 2.05) is 24.4 Å². The predicted molar refractivity (Wildman–Crippen MR) is 122 cm³/mol. The lowest BCUT2D eigenvalue weighted by atomic mass is 9.97. The second kappa shape index (κ2) is 8.18. The summed E-state index contributed by atoms with van der Waals surface area (Å²) < 4.78 is 28.3. The lowest BCUT2D eigenvalue weighted by Crippen LogP contribution is -2.39. The fourth-order valence-corrected chi connectivity index (χ4v) is 5.03. The molecule has 3 aliphatic rings. The molecule has 4 aromatic heterocycles. The maximum atomic E-state index is 13.0. The second-order valence-electron chi connectivity index (χ2n) is 8.95. The van der Waals surface area contributed by atoms with Crippen molar-refractivity contribution < 1.29 is 8.78 Å². The molecule has 3 saturated heterocycles. The molecule has 0 saturated carbocycles. The summed E-state index contributed by atoms with van der Waals surface area (Å²) in [7, 11) is 0. The van der Waals surface area contributed by atoms with Gasteiger partial charge in [0.1, 0.15) is 11.9 Å². The molecule has 3 aliphatic heterocycles. The van der Waals surface area contributed by atoms with Gasteiger partial charge in [-0.25, -0.2) is 14.2 Å². The molecule has 2 atom stereocenters. The van der Waals surface area contributed by atoms with Gasteiger partial charge in [-0.1, -0.05) is 0 Å². The molecule has 172 valence electrons. The quantitative estimate of drug-likeness (QED) is 0.500. The summed E-state index contributed by atoms with van der Waals surface area (Å²) in [6.45, 7) is 0.278. The molecule has 0 amide bonds. The molecule has 8 nitrogen and oxygen atoms in total. The molecule has 2 unspecified atom stereocenters. The monoisotopic (exact) mass is 460 g/mol. The Hall–Kier alpha value is -3.84. The van der Waals surface area contributed by atoms with Crippen LogP contribution in [0.2, 0.25) is 0 Å². The molecule has 4 aromatic rings. The molecule has 3 fully saturated rings. The molecular weight excluding hydrogens is 438 g/mol. The number of nitrogens with zero attached hydrogens (tertiary/aromatic N) is 7. The molecule has 1 N–H and O–H groups in total. The van der Waals surface area contributed by atoms with Crippen molar-refractivity contribution in [2.24, 2.45) is 5.92 Å². The molecule has 0 spiro atoms. The van der Waals surface area contributed by atoms with Gasteiger partial charge in [0.15, 0.2) is 0 Å². The summed E-state index contributed by atoms with van der Waals surface area (Å²) in [6, 6.07) is 8.57. The average Bonchev–Trinajstić information content (AvgIpc) is 3.42. The molecule has 0 aliphatic carbocycles. The van der Waals surface area contributed by atoms with Gasteiger partial charge in [0.25, 0.3) is 0 Å². The zero-order valence-electron chi connectivity index (χ0n) is 18.3. The minimum absolute atomic E-state index is 0.434. The number of nitrogens with one attached hydrogen (secondary N) is 1. The standard InChI is InChI=1S/C24H22F2N8/c25-24(26)34-13-19(10-31-34)17-5-21(23-18(6-27)9-30-33(23)12-17)16-2-4-22(29-8-16)32-11-15-1-3-20(14-32)28-7-15/h2,4-5,8-10,12-13,15,20,24,28H,1,3,7,11,14H2. The van der Waals surface area contributed by atoms with Gasteiger partial charge in [0.05, 0.1) is 23.5 Å². The highest BCUT2D eigenvalue weighted by molar-refractivity contribution is 5.87. The van der Waals surface area contributed by atoms with Gasteiger partial charge in [-0.3, -0.25) is 0 Å². The molecular formula is C24H22F2N8. The third-order valence-electron chi connectivity index (χ3n) is 6.79. The maximum absolute atomic E-state index is 13.0. The van der Waals surface area contributed by atoms with E-state index < -0.39 is 6.55 Å². The second-order valence-corrected chi connectivity index (χ2v) is 8.95. The third-order valence-corrected chi connectivity index (χ3v) is 6.79. The van der Waals surface area contributed by atoms with Crippen LogP contribution >= 0.6 is 0 Å². The number of pyridine rings is 2. The summed E-state index contributed by atoms with van der Waals surface area (Å²) in [4.78, 5) is 7.11. The van der Waals surface area contributed by atoms with E-state index in [1.165, 1.54) is 31.4 Å². The molecule has 7 heterocycles. The van der Waals surface area contributed by atoms with Gasteiger partial charge < -0.3 is 10.2 Å². The van der Waals surface area contributed by atoms with Gasteiger partial charge in [0.2, 0.25) is 0 Å². The topological polar surface area (TPSA) is 87.1 Å². The summed E-state index contributed by atoms with van der Waals surface area (Å²) in [5.41, 5.74) is 3.87. The molecule has 0 aromatic carbocycles. The Morgan fingerprint density at radius 3 is 2.65 bits per heavy atom. The first-order valence-electron chi connectivity index (χ1n) is 11.3. The van der Waals surface area contributed by atoms with Crippen LogP contribution in [-0.4, -0.2) is 50.1 Å². The number of hydrogen-bond acceptors (Lipinski definition) is 6. The highest BCUT2D eigenvalue weighted by Crippen LogP contribution is 2.33. The maximum Gasteiger partial charge on any atom is 0.333 e. The van der Waals surface area contributed by atoms with E-state index in [2.05, 4.69) is 26.5 Å². The third kappa shape index (κ3) is 3.58. The fraction of sp³-hybridized carbons (Fsp3) is 0.333. The SMILES string of the molecule is N#Cc1cnn2cc(-c3cnn(C(F)F)c3)cc(-c3ccc(N4CC5CCC(C4)NC5)nc3)c12. The highest BCUT2D eigenvalue weighted by Gasteiger charge is 2.29. The van der Waals surface area contributed by atoms with E-state index in [1.54, 1.807) is 10.7 Å². The van der Waals surface area contributed by atoms with E-state index in [-0.39, 0.29) is 0 Å². The number of fused-ring (bicyclic) bond motifs is 5. The molecule has 0 radical (unpaired) electrons. The average molecular weight is 460 g/mol. The van der Waals surface area contributed by atoms with Crippen LogP contribution in [0.3, 0.4) is 0 Å². The van der Waals surface area contributed by atoms with Crippen LogP contribution in [-0.2, 0) is 0 Å². The number of anilines is 1. The van der Waals surface area contributed by atoms with Gasteiger partial charge in [-0.15, -0.1) is 0 Å². The van der Waals surface area contributed by atoms with Crippen LogP contribution in [0, 0.1) is 17.2 Å². The van der Waals surface area contributed by atoms with Crippen molar-refractivity contribution in [3.63, 3.8) is 0 Å². The van der Waals surface area contributed by atoms with Crippen molar-refractivity contribution in [3.8, 4) is 28.3 Å². The smallest absolute Gasteiger partial charge is 0.333 e. The fourth-order valence-electron chi connectivity index (χ4n) is 5.03. The van der Waals surface area contributed by atoms with Crippen molar-refractivity contribution in [1.82, 2.24) is 29.7 Å². The Morgan fingerprint density at radius 2 is 1.94 bits per heavy atom. The normalized spacial score (nSPS) is 20.1. The van der Waals surface area contributed by atoms with E-state index in [0.29, 0.717) is 38.8 Å². The van der Waals surface area contributed by atoms with Crippen LogP contribution in [0.1, 0.15) is 25.0 Å². The van der Waals surface area contributed by atoms with Gasteiger partial charge in [0, 0.05) is 60.0 Å². The summed E-state index contributed by atoms with van der Waals surface area (Å²) in [5, 5.41) is 21.3. The number of aromatic nitrogens is 5. The number of hydrogen-bond donors (Lipinski definition) is 1. The molecule has 34 heavy (non-hydrogen) atoms. The Morgan fingerprint density at radius 1 is 1.03 bits per heavy atom. The van der Waals surface area contributed by atoms with Crippen molar-refractivity contribution in [3.05, 3.63) is 54.7 Å². The Kier molecular flexibility index (Phi) is 4.99. The lowest BCUT2D eigenvalue weighted by Gasteiger charge is -2.23. The van der Waals surface area contributed by atoms with Crippen LogP contribution in [0.5, 0.6) is 0 Å². The van der Waals surface area contributed by atoms with Crippen molar-refractivity contribution in [1.29, 1.82) is 5.26 Å². The molecule has 2 bridgehead atoms. The number of piperidine rings is 1. The Balaban J connectivity index is 1.40. The predicted octanol–water partition coefficient (Wildman–Crippen LogP) is 3.71. The van der Waals surface area contributed by atoms with Crippen LogP contribution in [0.4, 0.5) is 14.6 Å². The van der Waals surface area contributed by atoms with Crippen LogP contribution in [0.15, 0.2) is 49.2 Å². The largest absolute Gasteiger partial charge is 0.355 e. The summed E-state index contributed by atoms with van der Waals surface area (Å²) in [5.74, 6) is 1.57. The first-order chi connectivity index (χ1) is 16.6. The minimum atomic E-state index is -2.71. The molecule has 7 rings (SSSR count). The summed E-state index contributed by atoms with van der Waals surface area (Å²) in [6.07, 6.45) is 10.2. The zero-order chi connectivity index (χ0) is 23.2. The zero-order valence-corrected chi connectivity index (χ0v) is 18.3. The molecule has 10 heteroatoms. The van der Waals surface area contributed by atoms with Gasteiger partial charge in [-0.2, -0.15) is 24.2 Å². The minimum Gasteiger partial charge on any atom is -0.355 e. The van der Waals surface area contributed by atoms with Crippen molar-refractivity contribution >= 4 is 11.3 Å². The number of rotatable bonds is 4. The Bertz CT molecular complexity index is 1360. The first-order valence-corrected chi connectivity index (χ1v) is 11.3. The van der Waals surface area contributed by atoms with Crippen LogP contribution in [0.25, 0.3) is 27.8 Å².